The van der Waals surface area contributed by atoms with Crippen molar-refractivity contribution in [1.82, 2.24) is 15.2 Å². The summed E-state index contributed by atoms with van der Waals surface area (Å²) in [4.78, 5) is 45.8. The molecule has 0 aliphatic heterocycles. The summed E-state index contributed by atoms with van der Waals surface area (Å²) in [7, 11) is 0. The largest absolute Gasteiger partial charge is 0.350 e. The van der Waals surface area contributed by atoms with E-state index in [-0.39, 0.29) is 36.6 Å². The molecule has 1 aliphatic rings. The molecule has 2 N–H and O–H groups in total. The van der Waals surface area contributed by atoms with Gasteiger partial charge in [0.2, 0.25) is 17.7 Å². The number of carbonyl (C=O) groups excluding carboxylic acids is 3. The lowest BCUT2D eigenvalue weighted by Gasteiger charge is -2.36. The number of amides is 3. The summed E-state index contributed by atoms with van der Waals surface area (Å²) in [5, 5.41) is 5.78. The fourth-order valence-corrected chi connectivity index (χ4v) is 4.80. The molecule has 1 heterocycles. The topological polar surface area (TPSA) is 91.4 Å². The first-order valence-electron chi connectivity index (χ1n) is 12.9. The Hall–Kier alpha value is -4.00. The van der Waals surface area contributed by atoms with Crippen molar-refractivity contribution in [2.24, 2.45) is 0 Å². The van der Waals surface area contributed by atoms with Gasteiger partial charge in [0.1, 0.15) is 11.9 Å². The SMILES string of the molecule is Cc1ccc(C(C(=O)NCc2ccccc2)N(C(=O)CCC(=O)Nc2ccccn2)C2CCCC2)cc1. The Labute approximate surface area is 218 Å². The van der Waals surface area contributed by atoms with Crippen molar-refractivity contribution in [3.8, 4) is 0 Å². The predicted molar refractivity (Wildman–Crippen MR) is 143 cm³/mol. The van der Waals surface area contributed by atoms with Gasteiger partial charge >= 0.3 is 0 Å². The molecule has 0 bridgehead atoms. The molecule has 7 nitrogen and oxygen atoms in total. The third kappa shape index (κ3) is 7.26. The Morgan fingerprint density at radius 2 is 1.62 bits per heavy atom. The highest BCUT2D eigenvalue weighted by Crippen LogP contribution is 2.33. The fourth-order valence-electron chi connectivity index (χ4n) is 4.80. The average Bonchev–Trinajstić information content (AvgIpc) is 3.45. The van der Waals surface area contributed by atoms with E-state index in [9.17, 15) is 14.4 Å². The van der Waals surface area contributed by atoms with E-state index in [2.05, 4.69) is 15.6 Å². The smallest absolute Gasteiger partial charge is 0.247 e. The van der Waals surface area contributed by atoms with Gasteiger partial charge in [-0.05, 0) is 43.0 Å². The highest BCUT2D eigenvalue weighted by Gasteiger charge is 2.37. The van der Waals surface area contributed by atoms with Crippen LogP contribution in [0.5, 0.6) is 0 Å². The van der Waals surface area contributed by atoms with Crippen molar-refractivity contribution in [2.45, 2.75) is 64.1 Å². The summed E-state index contributed by atoms with van der Waals surface area (Å²) in [6, 6.07) is 21.9. The first kappa shape index (κ1) is 26.1. The van der Waals surface area contributed by atoms with E-state index < -0.39 is 6.04 Å². The molecule has 3 aromatic rings. The van der Waals surface area contributed by atoms with Crippen LogP contribution >= 0.6 is 0 Å². The number of aromatic nitrogens is 1. The number of hydrogen-bond acceptors (Lipinski definition) is 4. The predicted octanol–water partition coefficient (Wildman–Crippen LogP) is 4.94. The van der Waals surface area contributed by atoms with Gasteiger partial charge in [-0.3, -0.25) is 14.4 Å². The lowest BCUT2D eigenvalue weighted by molar-refractivity contribution is -0.144. The zero-order valence-corrected chi connectivity index (χ0v) is 21.2. The molecule has 3 amide bonds. The third-order valence-corrected chi connectivity index (χ3v) is 6.73. The molecule has 0 saturated heterocycles. The van der Waals surface area contributed by atoms with Crippen LogP contribution in [-0.4, -0.2) is 33.6 Å². The third-order valence-electron chi connectivity index (χ3n) is 6.73. The van der Waals surface area contributed by atoms with Crippen LogP contribution in [0, 0.1) is 6.92 Å². The first-order valence-corrected chi connectivity index (χ1v) is 12.9. The van der Waals surface area contributed by atoms with Gasteiger partial charge in [-0.2, -0.15) is 0 Å². The van der Waals surface area contributed by atoms with E-state index in [1.54, 1.807) is 29.3 Å². The molecule has 1 fully saturated rings. The molecular weight excluding hydrogens is 464 g/mol. The number of benzene rings is 2. The molecule has 0 spiro atoms. The van der Waals surface area contributed by atoms with Crippen molar-refractivity contribution < 1.29 is 14.4 Å². The highest BCUT2D eigenvalue weighted by atomic mass is 16.2. The second-order valence-electron chi connectivity index (χ2n) is 9.52. The van der Waals surface area contributed by atoms with E-state index in [0.717, 1.165) is 42.4 Å². The van der Waals surface area contributed by atoms with E-state index in [1.807, 2.05) is 61.5 Å². The zero-order chi connectivity index (χ0) is 26.0. The van der Waals surface area contributed by atoms with Crippen molar-refractivity contribution in [2.75, 3.05) is 5.32 Å². The fraction of sp³-hybridized carbons (Fsp3) is 0.333. The van der Waals surface area contributed by atoms with Gasteiger partial charge in [0.25, 0.3) is 0 Å². The molecule has 0 radical (unpaired) electrons. The lowest BCUT2D eigenvalue weighted by atomic mass is 9.99. The van der Waals surface area contributed by atoms with Crippen LogP contribution in [0.25, 0.3) is 0 Å². The van der Waals surface area contributed by atoms with Crippen LogP contribution in [-0.2, 0) is 20.9 Å². The minimum atomic E-state index is -0.765. The van der Waals surface area contributed by atoms with Crippen molar-refractivity contribution in [3.05, 3.63) is 95.7 Å². The van der Waals surface area contributed by atoms with Crippen molar-refractivity contribution >= 4 is 23.5 Å². The number of pyridine rings is 1. The van der Waals surface area contributed by atoms with E-state index in [4.69, 9.17) is 0 Å². The van der Waals surface area contributed by atoms with Gasteiger partial charge in [0.05, 0.1) is 0 Å². The van der Waals surface area contributed by atoms with Crippen LogP contribution in [0.1, 0.15) is 61.3 Å². The van der Waals surface area contributed by atoms with Crippen LogP contribution < -0.4 is 10.6 Å². The van der Waals surface area contributed by atoms with Crippen molar-refractivity contribution in [1.29, 1.82) is 0 Å². The molecule has 37 heavy (non-hydrogen) atoms. The van der Waals surface area contributed by atoms with Gasteiger partial charge < -0.3 is 15.5 Å². The highest BCUT2D eigenvalue weighted by molar-refractivity contribution is 5.94. The molecule has 4 rings (SSSR count). The summed E-state index contributed by atoms with van der Waals surface area (Å²) < 4.78 is 0. The maximum Gasteiger partial charge on any atom is 0.247 e. The maximum absolute atomic E-state index is 13.7. The summed E-state index contributed by atoms with van der Waals surface area (Å²) in [5.41, 5.74) is 2.84. The monoisotopic (exact) mass is 498 g/mol. The molecule has 1 atom stereocenters. The van der Waals surface area contributed by atoms with E-state index >= 15 is 0 Å². The average molecular weight is 499 g/mol. The minimum absolute atomic E-state index is 0.0174. The number of nitrogens with one attached hydrogen (secondary N) is 2. The molecular formula is C30H34N4O3. The van der Waals surface area contributed by atoms with Crippen LogP contribution in [0.4, 0.5) is 5.82 Å². The number of aryl methyl sites for hydroxylation is 1. The van der Waals surface area contributed by atoms with Gasteiger partial charge in [-0.15, -0.1) is 0 Å². The van der Waals surface area contributed by atoms with Gasteiger partial charge in [0.15, 0.2) is 0 Å². The van der Waals surface area contributed by atoms with Gasteiger partial charge in [-0.1, -0.05) is 79.1 Å². The standard InChI is InChI=1S/C30H34N4O3/c1-22-14-16-24(17-15-22)29(30(37)32-21-23-9-3-2-4-10-23)34(25-11-5-6-12-25)28(36)19-18-27(35)33-26-13-7-8-20-31-26/h2-4,7-10,13-17,20,25,29H,5-6,11-12,18-19,21H2,1H3,(H,32,37)(H,31,33,35). The quantitative estimate of drug-likeness (QED) is 0.414. The molecule has 1 aromatic heterocycles. The Balaban J connectivity index is 1.54. The van der Waals surface area contributed by atoms with Crippen LogP contribution in [0.15, 0.2) is 79.0 Å². The summed E-state index contributed by atoms with van der Waals surface area (Å²) >= 11 is 0. The molecule has 1 saturated carbocycles. The summed E-state index contributed by atoms with van der Waals surface area (Å²) in [6.07, 6.45) is 5.36. The zero-order valence-electron chi connectivity index (χ0n) is 21.2. The normalized spacial score (nSPS) is 14.1. The van der Waals surface area contributed by atoms with Crippen LogP contribution in [0.3, 0.4) is 0 Å². The van der Waals surface area contributed by atoms with E-state index in [0.29, 0.717) is 12.4 Å². The minimum Gasteiger partial charge on any atom is -0.350 e. The summed E-state index contributed by atoms with van der Waals surface area (Å²) in [6.45, 7) is 2.37. The number of nitrogens with zero attached hydrogens (tertiary/aromatic N) is 2. The number of hydrogen-bond donors (Lipinski definition) is 2. The van der Waals surface area contributed by atoms with Gasteiger partial charge in [-0.25, -0.2) is 4.98 Å². The molecule has 192 valence electrons. The van der Waals surface area contributed by atoms with Crippen LogP contribution in [0.2, 0.25) is 0 Å². The number of anilines is 1. The number of carbonyl (C=O) groups is 3. The summed E-state index contributed by atoms with van der Waals surface area (Å²) in [5.74, 6) is -0.237. The van der Waals surface area contributed by atoms with Gasteiger partial charge in [0, 0.05) is 31.6 Å². The maximum atomic E-state index is 13.7. The Morgan fingerprint density at radius 1 is 0.919 bits per heavy atom. The lowest BCUT2D eigenvalue weighted by Crippen LogP contribution is -2.48. The molecule has 1 aliphatic carbocycles. The Morgan fingerprint density at radius 3 is 2.30 bits per heavy atom. The first-order chi connectivity index (χ1) is 18.0. The second kappa shape index (κ2) is 12.8. The van der Waals surface area contributed by atoms with Crippen molar-refractivity contribution in [3.63, 3.8) is 0 Å². The second-order valence-corrected chi connectivity index (χ2v) is 9.52. The number of rotatable bonds is 10. The molecule has 2 aromatic carbocycles. The molecule has 7 heteroatoms. The molecule has 1 unspecified atom stereocenters. The van der Waals surface area contributed by atoms with E-state index in [1.165, 1.54) is 0 Å². The Bertz CT molecular complexity index is 1180. The Kier molecular flexibility index (Phi) is 9.03.